The van der Waals surface area contributed by atoms with Gasteiger partial charge in [0, 0.05) is 11.6 Å². The number of nitrogens with zero attached hydrogens (tertiary/aromatic N) is 1. The number of benzene rings is 1. The number of aliphatic hydroxyl groups excluding tert-OH is 1. The van der Waals surface area contributed by atoms with Crippen molar-refractivity contribution in [2.75, 3.05) is 6.61 Å². The molecule has 1 rings (SSSR count). The second-order valence-corrected chi connectivity index (χ2v) is 4.02. The number of hydrogen-bond acceptors (Lipinski definition) is 4. The third kappa shape index (κ3) is 10.8. The SMILES string of the molecule is C=C(C)C(=O)OCC=CO.N#CC=CC=Cc1ccccc1. The lowest BCUT2D eigenvalue weighted by Gasteiger charge is -1.97. The molecule has 0 saturated heterocycles. The van der Waals surface area contributed by atoms with Gasteiger partial charge in [-0.3, -0.25) is 0 Å². The van der Waals surface area contributed by atoms with Gasteiger partial charge >= 0.3 is 5.97 Å². The van der Waals surface area contributed by atoms with Gasteiger partial charge in [0.05, 0.1) is 12.3 Å². The maximum Gasteiger partial charge on any atom is 0.333 e. The van der Waals surface area contributed by atoms with E-state index in [2.05, 4.69) is 11.3 Å². The second kappa shape index (κ2) is 12.9. The third-order valence-corrected chi connectivity index (χ3v) is 2.13. The first kappa shape index (κ1) is 18.9. The quantitative estimate of drug-likeness (QED) is 0.293. The van der Waals surface area contributed by atoms with E-state index in [1.165, 1.54) is 12.2 Å². The predicted molar refractivity (Wildman–Crippen MR) is 87.8 cm³/mol. The van der Waals surface area contributed by atoms with Gasteiger partial charge < -0.3 is 9.84 Å². The van der Waals surface area contributed by atoms with Crippen LogP contribution >= 0.6 is 0 Å². The molecule has 0 aliphatic carbocycles. The van der Waals surface area contributed by atoms with Crippen LogP contribution in [0.25, 0.3) is 6.08 Å². The van der Waals surface area contributed by atoms with Crippen molar-refractivity contribution in [1.29, 1.82) is 5.26 Å². The molecule has 0 heterocycles. The van der Waals surface area contributed by atoms with Crippen molar-refractivity contribution in [2.45, 2.75) is 6.92 Å². The summed E-state index contributed by atoms with van der Waals surface area (Å²) in [5, 5.41) is 16.3. The Balaban J connectivity index is 0.000000409. The highest BCUT2D eigenvalue weighted by atomic mass is 16.5. The number of rotatable bonds is 5. The fourth-order valence-corrected chi connectivity index (χ4v) is 1.12. The zero-order valence-corrected chi connectivity index (χ0v) is 12.5. The maximum absolute atomic E-state index is 10.6. The van der Waals surface area contributed by atoms with Crippen molar-refractivity contribution in [1.82, 2.24) is 0 Å². The van der Waals surface area contributed by atoms with E-state index in [1.54, 1.807) is 13.0 Å². The summed E-state index contributed by atoms with van der Waals surface area (Å²) in [6, 6.07) is 11.9. The molecule has 0 bridgehead atoms. The molecule has 0 spiro atoms. The molecule has 1 N–H and O–H groups in total. The summed E-state index contributed by atoms with van der Waals surface area (Å²) < 4.78 is 4.56. The topological polar surface area (TPSA) is 70.3 Å². The summed E-state index contributed by atoms with van der Waals surface area (Å²) >= 11 is 0. The van der Waals surface area contributed by atoms with E-state index in [0.29, 0.717) is 5.57 Å². The molecule has 0 aliphatic heterocycles. The highest BCUT2D eigenvalue weighted by Gasteiger charge is 1.99. The van der Waals surface area contributed by atoms with Crippen LogP contribution in [0.15, 0.2) is 73.1 Å². The lowest BCUT2D eigenvalue weighted by Crippen LogP contribution is -2.04. The van der Waals surface area contributed by atoms with Crippen LogP contribution in [0.2, 0.25) is 0 Å². The van der Waals surface area contributed by atoms with Crippen LogP contribution in [0.5, 0.6) is 0 Å². The van der Waals surface area contributed by atoms with Crippen LogP contribution in [0.3, 0.4) is 0 Å². The molecule has 0 unspecified atom stereocenters. The van der Waals surface area contributed by atoms with Gasteiger partial charge in [-0.1, -0.05) is 55.1 Å². The average molecular weight is 297 g/mol. The lowest BCUT2D eigenvalue weighted by molar-refractivity contribution is -0.137. The van der Waals surface area contributed by atoms with Gasteiger partial charge in [-0.05, 0) is 18.6 Å². The number of carbonyl (C=O) groups excluding carboxylic acids is 1. The zero-order valence-electron chi connectivity index (χ0n) is 12.5. The van der Waals surface area contributed by atoms with Gasteiger partial charge in [0.2, 0.25) is 0 Å². The molecule has 0 saturated carbocycles. The normalized spacial score (nSPS) is 10.2. The average Bonchev–Trinajstić information content (AvgIpc) is 2.53. The molecule has 0 aliphatic rings. The Morgan fingerprint density at radius 1 is 1.36 bits per heavy atom. The maximum atomic E-state index is 10.6. The van der Waals surface area contributed by atoms with Gasteiger partial charge in [0.1, 0.15) is 6.61 Å². The van der Waals surface area contributed by atoms with Gasteiger partial charge in [-0.15, -0.1) is 0 Å². The molecular weight excluding hydrogens is 278 g/mol. The van der Waals surface area contributed by atoms with Crippen LogP contribution < -0.4 is 0 Å². The monoisotopic (exact) mass is 297 g/mol. The Hall–Kier alpha value is -3.06. The Kier molecular flexibility index (Phi) is 11.1. The smallest absolute Gasteiger partial charge is 0.333 e. The summed E-state index contributed by atoms with van der Waals surface area (Å²) in [6.07, 6.45) is 9.10. The summed E-state index contributed by atoms with van der Waals surface area (Å²) in [7, 11) is 0. The molecule has 0 aromatic heterocycles. The minimum Gasteiger partial charge on any atom is -0.516 e. The van der Waals surface area contributed by atoms with Crippen molar-refractivity contribution < 1.29 is 14.6 Å². The molecule has 114 valence electrons. The number of aliphatic hydroxyl groups is 1. The zero-order chi connectivity index (χ0) is 16.6. The molecule has 0 radical (unpaired) electrons. The molecule has 4 nitrogen and oxygen atoms in total. The number of hydrogen-bond donors (Lipinski definition) is 1. The van der Waals surface area contributed by atoms with E-state index in [0.717, 1.165) is 11.8 Å². The third-order valence-electron chi connectivity index (χ3n) is 2.13. The molecule has 22 heavy (non-hydrogen) atoms. The van der Waals surface area contributed by atoms with E-state index < -0.39 is 5.97 Å². The first-order chi connectivity index (χ1) is 10.6. The largest absolute Gasteiger partial charge is 0.516 e. The molecule has 0 amide bonds. The standard InChI is InChI=1S/C11H9N.C7H10O3/c12-10-6-2-5-9-11-7-3-1-4-8-11;1-6(2)7(9)10-5-3-4-8/h1-9H;3-4,8H,1,5H2,2H3. The number of allylic oxidation sites excluding steroid dienone is 3. The van der Waals surface area contributed by atoms with Gasteiger partial charge in [-0.25, -0.2) is 4.79 Å². The Bertz CT molecular complexity index is 578. The number of ether oxygens (including phenoxy) is 1. The van der Waals surface area contributed by atoms with Crippen molar-refractivity contribution in [3.05, 3.63) is 78.6 Å². The van der Waals surface area contributed by atoms with Crippen LogP contribution in [0.4, 0.5) is 0 Å². The summed E-state index contributed by atoms with van der Waals surface area (Å²) in [5.41, 5.74) is 1.49. The first-order valence-electron chi connectivity index (χ1n) is 6.51. The molecule has 0 fully saturated rings. The van der Waals surface area contributed by atoms with Crippen molar-refractivity contribution in [3.8, 4) is 6.07 Å². The van der Waals surface area contributed by atoms with Crippen LogP contribution in [0.1, 0.15) is 12.5 Å². The van der Waals surface area contributed by atoms with Gasteiger partial charge in [0.25, 0.3) is 0 Å². The molecule has 1 aromatic carbocycles. The van der Waals surface area contributed by atoms with Crippen LogP contribution in [-0.2, 0) is 9.53 Å². The number of carbonyl (C=O) groups is 1. The second-order valence-electron chi connectivity index (χ2n) is 4.02. The van der Waals surface area contributed by atoms with Crippen LogP contribution in [-0.4, -0.2) is 17.7 Å². The van der Waals surface area contributed by atoms with E-state index in [-0.39, 0.29) is 6.61 Å². The number of nitriles is 1. The van der Waals surface area contributed by atoms with E-state index in [4.69, 9.17) is 10.4 Å². The van der Waals surface area contributed by atoms with E-state index in [9.17, 15) is 4.79 Å². The molecule has 0 atom stereocenters. The Morgan fingerprint density at radius 3 is 2.59 bits per heavy atom. The molecular formula is C18H19NO3. The van der Waals surface area contributed by atoms with Gasteiger partial charge in [-0.2, -0.15) is 5.26 Å². The first-order valence-corrected chi connectivity index (χ1v) is 6.51. The fourth-order valence-electron chi connectivity index (χ4n) is 1.12. The summed E-state index contributed by atoms with van der Waals surface area (Å²) in [5.74, 6) is -0.446. The number of esters is 1. The fraction of sp³-hybridized carbons (Fsp3) is 0.111. The predicted octanol–water partition coefficient (Wildman–Crippen LogP) is 3.96. The Labute approximate surface area is 131 Å². The summed E-state index contributed by atoms with van der Waals surface area (Å²) in [6.45, 7) is 5.02. The minimum atomic E-state index is -0.446. The summed E-state index contributed by atoms with van der Waals surface area (Å²) in [4.78, 5) is 10.6. The van der Waals surface area contributed by atoms with Crippen molar-refractivity contribution in [3.63, 3.8) is 0 Å². The highest BCUT2D eigenvalue weighted by Crippen LogP contribution is 2.00. The van der Waals surface area contributed by atoms with Gasteiger partial charge in [0.15, 0.2) is 0 Å². The molecule has 4 heteroatoms. The highest BCUT2D eigenvalue weighted by molar-refractivity contribution is 5.86. The lowest BCUT2D eigenvalue weighted by atomic mass is 10.2. The molecule has 1 aromatic rings. The minimum absolute atomic E-state index is 0.0855. The van der Waals surface area contributed by atoms with Crippen molar-refractivity contribution in [2.24, 2.45) is 0 Å². The Morgan fingerprint density at radius 2 is 2.05 bits per heavy atom. The van der Waals surface area contributed by atoms with E-state index >= 15 is 0 Å². The van der Waals surface area contributed by atoms with Crippen molar-refractivity contribution >= 4 is 12.0 Å². The van der Waals surface area contributed by atoms with Crippen LogP contribution in [0, 0.1) is 11.3 Å². The van der Waals surface area contributed by atoms with E-state index in [1.807, 2.05) is 48.6 Å².